The van der Waals surface area contributed by atoms with Gasteiger partial charge in [-0.05, 0) is 17.7 Å². The van der Waals surface area contributed by atoms with E-state index < -0.39 is 23.9 Å². The number of hydrogen-bond acceptors (Lipinski definition) is 3. The number of rotatable bonds is 5. The van der Waals surface area contributed by atoms with Crippen molar-refractivity contribution in [1.29, 1.82) is 0 Å². The van der Waals surface area contributed by atoms with E-state index in [4.69, 9.17) is 27.5 Å². The van der Waals surface area contributed by atoms with E-state index in [-0.39, 0.29) is 6.42 Å². The van der Waals surface area contributed by atoms with E-state index in [0.29, 0.717) is 10.6 Å². The van der Waals surface area contributed by atoms with Crippen molar-refractivity contribution in [2.75, 3.05) is 0 Å². The number of carbonyl (C=O) groups is 2. The minimum absolute atomic E-state index is 0.338. The van der Waals surface area contributed by atoms with Crippen molar-refractivity contribution in [3.8, 4) is 0 Å². The lowest BCUT2D eigenvalue weighted by molar-refractivity contribution is -0.140. The molecular formula is C11H12ClNO4. The number of hydrogen-bond donors (Lipinski definition) is 3. The molecule has 5 nitrogen and oxygen atoms in total. The Balaban J connectivity index is 3.01. The maximum absolute atomic E-state index is 10.8. The van der Waals surface area contributed by atoms with Crippen LogP contribution in [0.5, 0.6) is 0 Å². The summed E-state index contributed by atoms with van der Waals surface area (Å²) in [6.07, 6.45) is -0.338. The van der Waals surface area contributed by atoms with Gasteiger partial charge in [-0.15, -0.1) is 0 Å². The summed E-state index contributed by atoms with van der Waals surface area (Å²) >= 11 is 5.70. The highest BCUT2D eigenvalue weighted by molar-refractivity contribution is 6.30. The van der Waals surface area contributed by atoms with Gasteiger partial charge in [0.2, 0.25) is 0 Å². The summed E-state index contributed by atoms with van der Waals surface area (Å²) in [5, 5.41) is 18.1. The van der Waals surface area contributed by atoms with Crippen LogP contribution in [-0.4, -0.2) is 28.2 Å². The minimum atomic E-state index is -1.26. The predicted octanol–water partition coefficient (Wildman–Crippen LogP) is 1.31. The first-order chi connectivity index (χ1) is 7.91. The Morgan fingerprint density at radius 1 is 1.24 bits per heavy atom. The zero-order chi connectivity index (χ0) is 13.0. The predicted molar refractivity (Wildman–Crippen MR) is 62.1 cm³/mol. The van der Waals surface area contributed by atoms with Crippen LogP contribution in [0.2, 0.25) is 5.02 Å². The lowest BCUT2D eigenvalue weighted by Crippen LogP contribution is -2.37. The molecule has 0 bridgehead atoms. The summed E-state index contributed by atoms with van der Waals surface area (Å²) in [6, 6.07) is 5.05. The maximum Gasteiger partial charge on any atom is 0.321 e. The molecule has 0 fully saturated rings. The van der Waals surface area contributed by atoms with Crippen LogP contribution in [0.1, 0.15) is 17.9 Å². The van der Waals surface area contributed by atoms with E-state index in [9.17, 15) is 9.59 Å². The van der Waals surface area contributed by atoms with Crippen molar-refractivity contribution in [2.24, 2.45) is 5.73 Å². The quantitative estimate of drug-likeness (QED) is 0.738. The Kier molecular flexibility index (Phi) is 4.48. The number of carboxylic acids is 2. The number of carboxylic acid groups (broad SMARTS) is 2. The molecule has 92 valence electrons. The molecule has 0 aliphatic heterocycles. The third-order valence-corrected chi connectivity index (χ3v) is 2.66. The molecular weight excluding hydrogens is 246 g/mol. The highest BCUT2D eigenvalue weighted by atomic mass is 35.5. The highest BCUT2D eigenvalue weighted by Crippen LogP contribution is 2.24. The number of nitrogens with two attached hydrogens (primary N) is 1. The fraction of sp³-hybridized carbons (Fsp3) is 0.273. The van der Waals surface area contributed by atoms with Gasteiger partial charge in [-0.2, -0.15) is 0 Å². The fourth-order valence-electron chi connectivity index (χ4n) is 1.52. The standard InChI is InChI=1S/C11H12ClNO4/c12-7-3-1-6(2-4-7)8(5-9(14)15)10(13)11(16)17/h1-4,8,10H,5,13H2,(H,14,15)(H,16,17)/t8-,10+/m0/s1. The van der Waals surface area contributed by atoms with E-state index >= 15 is 0 Å². The molecule has 4 N–H and O–H groups in total. The normalized spacial score (nSPS) is 14.0. The smallest absolute Gasteiger partial charge is 0.321 e. The summed E-state index contributed by atoms with van der Waals surface area (Å²) in [6.45, 7) is 0. The molecule has 1 rings (SSSR count). The van der Waals surface area contributed by atoms with Crippen molar-refractivity contribution in [3.63, 3.8) is 0 Å². The second-order valence-corrected chi connectivity index (χ2v) is 4.06. The molecule has 1 aromatic rings. The van der Waals surface area contributed by atoms with Crippen molar-refractivity contribution >= 4 is 23.5 Å². The van der Waals surface area contributed by atoms with Crippen LogP contribution in [0.15, 0.2) is 24.3 Å². The number of aliphatic carboxylic acids is 2. The second-order valence-electron chi connectivity index (χ2n) is 3.62. The summed E-state index contributed by atoms with van der Waals surface area (Å²) in [7, 11) is 0. The Labute approximate surface area is 103 Å². The van der Waals surface area contributed by atoms with Gasteiger partial charge in [-0.1, -0.05) is 23.7 Å². The van der Waals surface area contributed by atoms with Crippen LogP contribution >= 0.6 is 11.6 Å². The largest absolute Gasteiger partial charge is 0.481 e. The summed E-state index contributed by atoms with van der Waals surface area (Å²) in [5.74, 6) is -3.10. The molecule has 0 radical (unpaired) electrons. The third kappa shape index (κ3) is 3.72. The van der Waals surface area contributed by atoms with Crippen LogP contribution in [0, 0.1) is 0 Å². The lowest BCUT2D eigenvalue weighted by Gasteiger charge is -2.19. The summed E-state index contributed by atoms with van der Waals surface area (Å²) in [5.41, 5.74) is 6.03. The Morgan fingerprint density at radius 3 is 2.18 bits per heavy atom. The summed E-state index contributed by atoms with van der Waals surface area (Å²) in [4.78, 5) is 21.5. The van der Waals surface area contributed by atoms with Gasteiger partial charge >= 0.3 is 11.9 Å². The highest BCUT2D eigenvalue weighted by Gasteiger charge is 2.27. The van der Waals surface area contributed by atoms with E-state index in [1.807, 2.05) is 0 Å². The van der Waals surface area contributed by atoms with Gasteiger partial charge in [0.05, 0.1) is 6.42 Å². The van der Waals surface area contributed by atoms with Crippen LogP contribution < -0.4 is 5.73 Å². The summed E-state index contributed by atoms with van der Waals surface area (Å²) < 4.78 is 0. The number of halogens is 1. The SMILES string of the molecule is N[C@@H](C(=O)O)[C@@H](CC(=O)O)c1ccc(Cl)cc1. The lowest BCUT2D eigenvalue weighted by atomic mass is 9.89. The molecule has 6 heteroatoms. The Morgan fingerprint density at radius 2 is 1.76 bits per heavy atom. The van der Waals surface area contributed by atoms with Gasteiger partial charge < -0.3 is 15.9 Å². The monoisotopic (exact) mass is 257 g/mol. The van der Waals surface area contributed by atoms with Crippen LogP contribution in [0.3, 0.4) is 0 Å². The van der Waals surface area contributed by atoms with Crippen molar-refractivity contribution in [3.05, 3.63) is 34.9 Å². The van der Waals surface area contributed by atoms with Crippen LogP contribution in [0.4, 0.5) is 0 Å². The molecule has 0 heterocycles. The molecule has 2 atom stereocenters. The topological polar surface area (TPSA) is 101 Å². The van der Waals surface area contributed by atoms with Crippen LogP contribution in [0.25, 0.3) is 0 Å². The van der Waals surface area contributed by atoms with E-state index in [1.165, 1.54) is 0 Å². The van der Waals surface area contributed by atoms with Crippen LogP contribution in [-0.2, 0) is 9.59 Å². The first-order valence-electron chi connectivity index (χ1n) is 4.87. The van der Waals surface area contributed by atoms with E-state index in [2.05, 4.69) is 0 Å². The average molecular weight is 258 g/mol. The van der Waals surface area contributed by atoms with Gasteiger partial charge in [-0.3, -0.25) is 9.59 Å². The second kappa shape index (κ2) is 5.65. The first kappa shape index (κ1) is 13.5. The van der Waals surface area contributed by atoms with E-state index in [1.54, 1.807) is 24.3 Å². The van der Waals surface area contributed by atoms with Gasteiger partial charge in [0.25, 0.3) is 0 Å². The third-order valence-electron chi connectivity index (χ3n) is 2.41. The molecule has 0 amide bonds. The maximum atomic E-state index is 10.8. The van der Waals surface area contributed by atoms with Gasteiger partial charge in [0.1, 0.15) is 6.04 Å². The van der Waals surface area contributed by atoms with Crippen molar-refractivity contribution < 1.29 is 19.8 Å². The fourth-order valence-corrected chi connectivity index (χ4v) is 1.65. The molecule has 0 spiro atoms. The van der Waals surface area contributed by atoms with Crippen molar-refractivity contribution in [2.45, 2.75) is 18.4 Å². The molecule has 0 aliphatic carbocycles. The molecule has 1 aromatic carbocycles. The first-order valence-corrected chi connectivity index (χ1v) is 5.25. The Bertz CT molecular complexity index is 418. The van der Waals surface area contributed by atoms with E-state index in [0.717, 1.165) is 0 Å². The molecule has 0 aliphatic rings. The van der Waals surface area contributed by atoms with Gasteiger partial charge in [-0.25, -0.2) is 0 Å². The molecule has 0 aromatic heterocycles. The molecule has 0 saturated heterocycles. The molecule has 0 unspecified atom stereocenters. The zero-order valence-electron chi connectivity index (χ0n) is 8.84. The average Bonchev–Trinajstić information content (AvgIpc) is 2.26. The zero-order valence-corrected chi connectivity index (χ0v) is 9.59. The van der Waals surface area contributed by atoms with Gasteiger partial charge in [0.15, 0.2) is 0 Å². The minimum Gasteiger partial charge on any atom is -0.481 e. The van der Waals surface area contributed by atoms with Gasteiger partial charge in [0, 0.05) is 10.9 Å². The van der Waals surface area contributed by atoms with Crippen molar-refractivity contribution in [1.82, 2.24) is 0 Å². The Hall–Kier alpha value is -1.59. The molecule has 17 heavy (non-hydrogen) atoms. The molecule has 0 saturated carbocycles. The number of benzene rings is 1.